The second-order valence-electron chi connectivity index (χ2n) is 7.79. The van der Waals surface area contributed by atoms with Gasteiger partial charge in [-0.15, -0.1) is 0 Å². The first-order chi connectivity index (χ1) is 17.6. The Hall–Kier alpha value is -4.00. The van der Waals surface area contributed by atoms with E-state index < -0.39 is 29.4 Å². The molecule has 0 atom stereocenters. The van der Waals surface area contributed by atoms with Gasteiger partial charge < -0.3 is 24.4 Å². The zero-order valence-corrected chi connectivity index (χ0v) is 20.4. The minimum absolute atomic E-state index is 0.0114. The van der Waals surface area contributed by atoms with Crippen molar-refractivity contribution in [2.75, 3.05) is 33.9 Å². The summed E-state index contributed by atoms with van der Waals surface area (Å²) in [5.41, 5.74) is -0.917. The average molecular weight is 536 g/mol. The summed E-state index contributed by atoms with van der Waals surface area (Å²) in [5, 5.41) is 3.13. The minimum Gasteiger partial charge on any atom is -0.493 e. The molecule has 1 fully saturated rings. The van der Waals surface area contributed by atoms with E-state index in [4.69, 9.17) is 9.47 Å². The third-order valence-electron chi connectivity index (χ3n) is 5.33. The van der Waals surface area contributed by atoms with Gasteiger partial charge in [0.1, 0.15) is 5.75 Å². The Kier molecular flexibility index (Phi) is 7.43. The highest BCUT2D eigenvalue weighted by atomic mass is 32.2. The quantitative estimate of drug-likeness (QED) is 0.457. The van der Waals surface area contributed by atoms with E-state index >= 15 is 0 Å². The topological polar surface area (TPSA) is 107 Å². The molecule has 1 N–H and O–H groups in total. The molecule has 0 unspecified atom stereocenters. The van der Waals surface area contributed by atoms with Crippen molar-refractivity contribution in [3.8, 4) is 17.2 Å². The van der Waals surface area contributed by atoms with Gasteiger partial charge in [0.2, 0.25) is 5.91 Å². The van der Waals surface area contributed by atoms with Crippen molar-refractivity contribution in [3.05, 3.63) is 58.0 Å². The van der Waals surface area contributed by atoms with Crippen LogP contribution in [0.2, 0.25) is 0 Å². The van der Waals surface area contributed by atoms with Gasteiger partial charge in [0.05, 0.1) is 36.8 Å². The summed E-state index contributed by atoms with van der Waals surface area (Å²) in [6.45, 7) is 1.08. The van der Waals surface area contributed by atoms with Gasteiger partial charge in [-0.25, -0.2) is 4.79 Å². The Morgan fingerprint density at radius 1 is 1.11 bits per heavy atom. The van der Waals surface area contributed by atoms with Gasteiger partial charge >= 0.3 is 12.1 Å². The van der Waals surface area contributed by atoms with Crippen molar-refractivity contribution < 1.29 is 41.8 Å². The number of hydrogen-bond acceptors (Lipinski definition) is 8. The van der Waals surface area contributed by atoms with Gasteiger partial charge in [0.25, 0.3) is 5.91 Å². The summed E-state index contributed by atoms with van der Waals surface area (Å²) in [7, 11) is 2.39. The summed E-state index contributed by atoms with van der Waals surface area (Å²) < 4.78 is 56.3. The fraction of sp³-hybridized carbons (Fsp3) is 0.250. The Labute approximate surface area is 213 Å². The number of methoxy groups -OCH3 is 2. The Bertz CT molecular complexity index is 1330. The number of piperazine rings is 1. The molecule has 2 heterocycles. The lowest BCUT2D eigenvalue weighted by Crippen LogP contribution is -2.49. The van der Waals surface area contributed by atoms with Crippen molar-refractivity contribution in [3.63, 3.8) is 0 Å². The fourth-order valence-electron chi connectivity index (χ4n) is 3.55. The molecule has 2 amide bonds. The van der Waals surface area contributed by atoms with Gasteiger partial charge in [0.15, 0.2) is 16.7 Å². The monoisotopic (exact) mass is 535 g/mol. The lowest BCUT2D eigenvalue weighted by molar-refractivity contribution is -0.138. The maximum atomic E-state index is 13.7. The van der Waals surface area contributed by atoms with Crippen LogP contribution in [-0.2, 0) is 20.5 Å². The van der Waals surface area contributed by atoms with Crippen LogP contribution in [-0.4, -0.2) is 61.7 Å². The van der Waals surface area contributed by atoms with Crippen LogP contribution in [0, 0.1) is 0 Å². The van der Waals surface area contributed by atoms with Crippen molar-refractivity contribution in [1.82, 2.24) is 10.2 Å². The molecular weight excluding hydrogens is 515 g/mol. The number of hydrogen-bond donors (Lipinski definition) is 1. The van der Waals surface area contributed by atoms with Crippen molar-refractivity contribution in [1.29, 1.82) is 0 Å². The molecule has 2 aromatic carbocycles. The zero-order valence-electron chi connectivity index (χ0n) is 19.5. The van der Waals surface area contributed by atoms with E-state index in [0.717, 1.165) is 31.0 Å². The number of alkyl halides is 3. The van der Waals surface area contributed by atoms with E-state index in [2.05, 4.69) is 15.0 Å². The number of carbonyl (C=O) groups is 3. The molecule has 0 spiro atoms. The molecule has 0 bridgehead atoms. The standard InChI is InChI=1S/C24H20F3N3O6S/c1-34-18-9-13(10-19-21(32)29-23(37-19)30-8-7-28-20(31)12-30)3-5-17(18)36-16-6-4-14(22(33)35-2)11-15(16)24(25,26)27/h3-6,9-11H,7-8,12H2,1-2H3,(H,28,31)/b19-10+. The highest BCUT2D eigenvalue weighted by Gasteiger charge is 2.36. The molecular formula is C24H20F3N3O6S. The number of halogens is 3. The molecule has 13 heteroatoms. The van der Waals surface area contributed by atoms with E-state index in [-0.39, 0.29) is 29.5 Å². The van der Waals surface area contributed by atoms with E-state index in [1.54, 1.807) is 17.0 Å². The Morgan fingerprint density at radius 3 is 2.54 bits per heavy atom. The number of esters is 1. The summed E-state index contributed by atoms with van der Waals surface area (Å²) in [5.74, 6) is -1.97. The predicted molar refractivity (Wildman–Crippen MR) is 128 cm³/mol. The SMILES string of the molecule is COC(=O)c1ccc(Oc2ccc(/C=C3/SC(N4CCNC(=O)C4)=NC3=O)cc2OC)c(C(F)(F)F)c1. The van der Waals surface area contributed by atoms with Crippen molar-refractivity contribution in [2.24, 2.45) is 4.99 Å². The average Bonchev–Trinajstić information content (AvgIpc) is 3.24. The highest BCUT2D eigenvalue weighted by Crippen LogP contribution is 2.41. The van der Waals surface area contributed by atoms with Crippen LogP contribution < -0.4 is 14.8 Å². The molecule has 2 aliphatic heterocycles. The number of nitrogens with one attached hydrogen (secondary N) is 1. The number of amides is 2. The predicted octanol–water partition coefficient (Wildman–Crippen LogP) is 3.70. The first-order valence-corrected chi connectivity index (χ1v) is 11.6. The molecule has 0 aromatic heterocycles. The molecule has 0 saturated carbocycles. The van der Waals surface area contributed by atoms with Gasteiger partial charge in [0, 0.05) is 13.1 Å². The first kappa shape index (κ1) is 26.1. The largest absolute Gasteiger partial charge is 0.493 e. The Balaban J connectivity index is 1.57. The lowest BCUT2D eigenvalue weighted by atomic mass is 10.1. The number of ether oxygens (including phenoxy) is 3. The second-order valence-corrected chi connectivity index (χ2v) is 8.80. The van der Waals surface area contributed by atoms with E-state index in [1.165, 1.54) is 19.2 Å². The summed E-state index contributed by atoms with van der Waals surface area (Å²) in [4.78, 5) is 41.8. The molecule has 2 aliphatic rings. The number of aliphatic imine (C=N–C) groups is 1. The van der Waals surface area contributed by atoms with E-state index in [9.17, 15) is 27.6 Å². The molecule has 194 valence electrons. The second kappa shape index (κ2) is 10.5. The number of nitrogens with zero attached hydrogens (tertiary/aromatic N) is 2. The van der Waals surface area contributed by atoms with Crippen LogP contribution in [0.15, 0.2) is 46.3 Å². The van der Waals surface area contributed by atoms with Crippen molar-refractivity contribution >= 4 is 40.8 Å². The van der Waals surface area contributed by atoms with Gasteiger partial charge in [-0.05, 0) is 53.7 Å². The van der Waals surface area contributed by atoms with Gasteiger partial charge in [-0.3, -0.25) is 9.59 Å². The molecule has 0 radical (unpaired) electrons. The third-order valence-corrected chi connectivity index (χ3v) is 6.37. The summed E-state index contributed by atoms with van der Waals surface area (Å²) >= 11 is 1.13. The summed E-state index contributed by atoms with van der Waals surface area (Å²) in [6.07, 6.45) is -3.24. The molecule has 2 aromatic rings. The van der Waals surface area contributed by atoms with Crippen molar-refractivity contribution in [2.45, 2.75) is 6.18 Å². The number of amidine groups is 1. The Morgan fingerprint density at radius 2 is 1.86 bits per heavy atom. The number of rotatable bonds is 5. The van der Waals surface area contributed by atoms with Crippen LogP contribution in [0.25, 0.3) is 6.08 Å². The van der Waals surface area contributed by atoms with Gasteiger partial charge in [-0.2, -0.15) is 18.2 Å². The minimum atomic E-state index is -4.80. The van der Waals surface area contributed by atoms with Crippen LogP contribution in [0.4, 0.5) is 13.2 Å². The fourth-order valence-corrected chi connectivity index (χ4v) is 4.49. The normalized spacial score (nSPS) is 16.9. The molecule has 4 rings (SSSR count). The van der Waals surface area contributed by atoms with Crippen LogP contribution in [0.1, 0.15) is 21.5 Å². The van der Waals surface area contributed by atoms with Crippen LogP contribution in [0.5, 0.6) is 17.2 Å². The molecule has 9 nitrogen and oxygen atoms in total. The highest BCUT2D eigenvalue weighted by molar-refractivity contribution is 8.18. The van der Waals surface area contributed by atoms with E-state index in [0.29, 0.717) is 34.8 Å². The van der Waals surface area contributed by atoms with Crippen LogP contribution >= 0.6 is 11.8 Å². The molecule has 37 heavy (non-hydrogen) atoms. The molecule has 1 saturated heterocycles. The maximum absolute atomic E-state index is 13.7. The molecule has 0 aliphatic carbocycles. The third kappa shape index (κ3) is 5.88. The first-order valence-electron chi connectivity index (χ1n) is 10.8. The van der Waals surface area contributed by atoms with Crippen LogP contribution in [0.3, 0.4) is 0 Å². The smallest absolute Gasteiger partial charge is 0.420 e. The maximum Gasteiger partial charge on any atom is 0.420 e. The number of thioether (sulfide) groups is 1. The lowest BCUT2D eigenvalue weighted by Gasteiger charge is -2.27. The number of carbonyl (C=O) groups excluding carboxylic acids is 3. The number of benzene rings is 2. The zero-order chi connectivity index (χ0) is 26.7. The van der Waals surface area contributed by atoms with E-state index in [1.807, 2.05) is 0 Å². The van der Waals surface area contributed by atoms with Gasteiger partial charge in [-0.1, -0.05) is 6.07 Å². The summed E-state index contributed by atoms with van der Waals surface area (Å²) in [6, 6.07) is 7.28.